The van der Waals surface area contributed by atoms with Crippen molar-refractivity contribution in [1.82, 2.24) is 10.1 Å². The van der Waals surface area contributed by atoms with Crippen LogP contribution in [0.3, 0.4) is 0 Å². The summed E-state index contributed by atoms with van der Waals surface area (Å²) >= 11 is 0. The number of hydrogen-bond donors (Lipinski definition) is 0. The third-order valence-electron chi connectivity index (χ3n) is 3.94. The number of ether oxygens (including phenoxy) is 2. The van der Waals surface area contributed by atoms with Crippen molar-refractivity contribution in [1.29, 1.82) is 0 Å². The van der Waals surface area contributed by atoms with E-state index in [1.165, 1.54) is 11.6 Å². The Morgan fingerprint density at radius 2 is 1.96 bits per heavy atom. The Labute approximate surface area is 155 Å². The van der Waals surface area contributed by atoms with E-state index in [2.05, 4.69) is 17.1 Å². The SMILES string of the molecule is CCc1ccc(OCC(=O)OCc2nc(-c3ccc(C)c(F)c3)no2)cc1. The number of rotatable bonds is 7. The van der Waals surface area contributed by atoms with Gasteiger partial charge < -0.3 is 14.0 Å². The van der Waals surface area contributed by atoms with Gasteiger partial charge in [0.2, 0.25) is 5.82 Å². The molecule has 0 saturated carbocycles. The third-order valence-corrected chi connectivity index (χ3v) is 3.94. The maximum absolute atomic E-state index is 13.6. The predicted molar refractivity (Wildman–Crippen MR) is 95.5 cm³/mol. The van der Waals surface area contributed by atoms with Gasteiger partial charge in [0.15, 0.2) is 13.2 Å². The molecule has 0 aliphatic rings. The summed E-state index contributed by atoms with van der Waals surface area (Å²) in [6, 6.07) is 12.1. The van der Waals surface area contributed by atoms with Crippen LogP contribution in [0.5, 0.6) is 5.75 Å². The first-order valence-corrected chi connectivity index (χ1v) is 8.51. The fraction of sp³-hybridized carbons (Fsp3) is 0.250. The number of esters is 1. The lowest BCUT2D eigenvalue weighted by atomic mass is 10.1. The van der Waals surface area contributed by atoms with Gasteiger partial charge in [-0.3, -0.25) is 0 Å². The molecule has 0 amide bonds. The van der Waals surface area contributed by atoms with Crippen LogP contribution in [0.4, 0.5) is 4.39 Å². The summed E-state index contributed by atoms with van der Waals surface area (Å²) in [7, 11) is 0. The van der Waals surface area contributed by atoms with Crippen LogP contribution < -0.4 is 4.74 Å². The van der Waals surface area contributed by atoms with E-state index < -0.39 is 5.97 Å². The fourth-order valence-corrected chi connectivity index (χ4v) is 2.31. The molecule has 0 unspecified atom stereocenters. The number of nitrogens with zero attached hydrogens (tertiary/aromatic N) is 2. The van der Waals surface area contributed by atoms with Crippen molar-refractivity contribution >= 4 is 5.97 Å². The lowest BCUT2D eigenvalue weighted by Crippen LogP contribution is -2.14. The highest BCUT2D eigenvalue weighted by molar-refractivity contribution is 5.71. The predicted octanol–water partition coefficient (Wildman–Crippen LogP) is 3.87. The number of halogens is 1. The highest BCUT2D eigenvalue weighted by Gasteiger charge is 2.13. The second-order valence-corrected chi connectivity index (χ2v) is 5.92. The molecule has 1 aromatic heterocycles. The van der Waals surface area contributed by atoms with Gasteiger partial charge in [0.05, 0.1) is 0 Å². The molecule has 0 radical (unpaired) electrons. The number of aryl methyl sites for hydroxylation is 2. The maximum atomic E-state index is 13.6. The van der Waals surface area contributed by atoms with Crippen LogP contribution in [0.2, 0.25) is 0 Å². The Kier molecular flexibility index (Phi) is 5.80. The summed E-state index contributed by atoms with van der Waals surface area (Å²) in [6.07, 6.45) is 0.934. The molecule has 0 atom stereocenters. The van der Waals surface area contributed by atoms with Gasteiger partial charge >= 0.3 is 5.97 Å². The van der Waals surface area contributed by atoms with E-state index in [-0.39, 0.29) is 30.7 Å². The van der Waals surface area contributed by atoms with Crippen LogP contribution in [0.1, 0.15) is 23.9 Å². The molecule has 0 fully saturated rings. The average molecular weight is 370 g/mol. The molecular weight excluding hydrogens is 351 g/mol. The zero-order chi connectivity index (χ0) is 19.2. The smallest absolute Gasteiger partial charge is 0.344 e. The van der Waals surface area contributed by atoms with E-state index >= 15 is 0 Å². The van der Waals surface area contributed by atoms with Crippen molar-refractivity contribution in [3.8, 4) is 17.1 Å². The van der Waals surface area contributed by atoms with Crippen molar-refractivity contribution in [3.05, 3.63) is 65.3 Å². The van der Waals surface area contributed by atoms with E-state index in [9.17, 15) is 9.18 Å². The van der Waals surface area contributed by atoms with Crippen molar-refractivity contribution in [2.45, 2.75) is 26.9 Å². The van der Waals surface area contributed by atoms with Gasteiger partial charge in [-0.1, -0.05) is 36.3 Å². The number of hydrogen-bond acceptors (Lipinski definition) is 6. The maximum Gasteiger partial charge on any atom is 0.344 e. The summed E-state index contributed by atoms with van der Waals surface area (Å²) in [5.74, 6) is 0.0227. The highest BCUT2D eigenvalue weighted by Crippen LogP contribution is 2.19. The lowest BCUT2D eigenvalue weighted by molar-refractivity contribution is -0.148. The molecule has 0 spiro atoms. The van der Waals surface area contributed by atoms with Gasteiger partial charge in [-0.2, -0.15) is 4.98 Å². The van der Waals surface area contributed by atoms with Gasteiger partial charge in [-0.25, -0.2) is 9.18 Å². The quantitative estimate of drug-likeness (QED) is 0.588. The fourth-order valence-electron chi connectivity index (χ4n) is 2.31. The van der Waals surface area contributed by atoms with Crippen molar-refractivity contribution in [2.75, 3.05) is 6.61 Å². The first kappa shape index (κ1) is 18.6. The largest absolute Gasteiger partial charge is 0.482 e. The molecule has 0 aliphatic heterocycles. The number of carbonyl (C=O) groups excluding carboxylic acids is 1. The monoisotopic (exact) mass is 370 g/mol. The molecule has 6 nitrogen and oxygen atoms in total. The van der Waals surface area contributed by atoms with Gasteiger partial charge in [-0.15, -0.1) is 0 Å². The summed E-state index contributed by atoms with van der Waals surface area (Å²) in [4.78, 5) is 15.9. The number of carbonyl (C=O) groups is 1. The normalized spacial score (nSPS) is 10.6. The minimum atomic E-state index is -0.560. The molecule has 3 aromatic rings. The molecule has 3 rings (SSSR count). The van der Waals surface area contributed by atoms with Gasteiger partial charge in [0, 0.05) is 5.56 Å². The molecule has 0 N–H and O–H groups in total. The average Bonchev–Trinajstić information content (AvgIpc) is 3.16. The van der Waals surface area contributed by atoms with E-state index in [0.29, 0.717) is 16.9 Å². The van der Waals surface area contributed by atoms with Crippen LogP contribution in [0.25, 0.3) is 11.4 Å². The zero-order valence-electron chi connectivity index (χ0n) is 15.1. The number of aromatic nitrogens is 2. The van der Waals surface area contributed by atoms with Crippen LogP contribution >= 0.6 is 0 Å². The molecular formula is C20H19FN2O4. The molecule has 0 saturated heterocycles. The second kappa shape index (κ2) is 8.44. The minimum absolute atomic E-state index is 0.117. The first-order chi connectivity index (χ1) is 13.0. The van der Waals surface area contributed by atoms with Gasteiger partial charge in [0.1, 0.15) is 11.6 Å². The third kappa shape index (κ3) is 4.91. The summed E-state index contributed by atoms with van der Waals surface area (Å²) in [5, 5.41) is 3.77. The van der Waals surface area contributed by atoms with Crippen molar-refractivity contribution in [2.24, 2.45) is 0 Å². The van der Waals surface area contributed by atoms with Crippen LogP contribution in [-0.2, 0) is 22.6 Å². The first-order valence-electron chi connectivity index (χ1n) is 8.51. The Morgan fingerprint density at radius 3 is 2.67 bits per heavy atom. The second-order valence-electron chi connectivity index (χ2n) is 5.92. The van der Waals surface area contributed by atoms with Crippen LogP contribution in [0.15, 0.2) is 47.0 Å². The van der Waals surface area contributed by atoms with E-state index in [1.807, 2.05) is 12.1 Å². The Balaban J connectivity index is 1.50. The Hall–Kier alpha value is -3.22. The highest BCUT2D eigenvalue weighted by atomic mass is 19.1. The number of benzene rings is 2. The van der Waals surface area contributed by atoms with Crippen molar-refractivity contribution < 1.29 is 23.2 Å². The molecule has 1 heterocycles. The summed E-state index contributed by atoms with van der Waals surface area (Å²) < 4.78 is 29.1. The molecule has 7 heteroatoms. The summed E-state index contributed by atoms with van der Waals surface area (Å²) in [6.45, 7) is 3.32. The Morgan fingerprint density at radius 1 is 1.19 bits per heavy atom. The lowest BCUT2D eigenvalue weighted by Gasteiger charge is -2.06. The minimum Gasteiger partial charge on any atom is -0.482 e. The molecule has 140 valence electrons. The topological polar surface area (TPSA) is 74.5 Å². The van der Waals surface area contributed by atoms with Crippen LogP contribution in [0, 0.1) is 12.7 Å². The van der Waals surface area contributed by atoms with E-state index in [1.54, 1.807) is 31.2 Å². The molecule has 27 heavy (non-hydrogen) atoms. The van der Waals surface area contributed by atoms with Gasteiger partial charge in [0.25, 0.3) is 5.89 Å². The van der Waals surface area contributed by atoms with Gasteiger partial charge in [-0.05, 0) is 42.7 Å². The summed E-state index contributed by atoms with van der Waals surface area (Å²) in [5.41, 5.74) is 2.20. The standard InChI is InChI=1S/C20H19FN2O4/c1-3-14-5-8-16(9-6-14)25-12-19(24)26-11-18-22-20(23-27-18)15-7-4-13(2)17(21)10-15/h4-10H,3,11-12H2,1-2H3. The van der Waals surface area contributed by atoms with Crippen LogP contribution in [-0.4, -0.2) is 22.7 Å². The zero-order valence-corrected chi connectivity index (χ0v) is 15.1. The molecule has 0 bridgehead atoms. The molecule has 2 aromatic carbocycles. The Bertz CT molecular complexity index is 922. The van der Waals surface area contributed by atoms with E-state index in [0.717, 1.165) is 6.42 Å². The van der Waals surface area contributed by atoms with Crippen molar-refractivity contribution in [3.63, 3.8) is 0 Å². The van der Waals surface area contributed by atoms with E-state index in [4.69, 9.17) is 14.0 Å². The molecule has 0 aliphatic carbocycles.